The molecule has 0 radical (unpaired) electrons. The lowest BCUT2D eigenvalue weighted by molar-refractivity contribution is -0.844. The van der Waals surface area contributed by atoms with Gasteiger partial charge in [0.2, 0.25) is 5.76 Å². The molecule has 1 aromatic heterocycles. The van der Waals surface area contributed by atoms with Crippen LogP contribution in [0.15, 0.2) is 59.1 Å². The van der Waals surface area contributed by atoms with Crippen LogP contribution in [0.2, 0.25) is 0 Å². The molecule has 3 rings (SSSR count). The summed E-state index contributed by atoms with van der Waals surface area (Å²) in [4.78, 5) is 10.3. The molecule has 0 saturated carbocycles. The van der Waals surface area contributed by atoms with Crippen molar-refractivity contribution in [3.8, 4) is 17.1 Å². The van der Waals surface area contributed by atoms with Gasteiger partial charge < -0.3 is 4.74 Å². The maximum absolute atomic E-state index is 10.7. The number of benzene rings is 2. The van der Waals surface area contributed by atoms with Crippen LogP contribution in [0.25, 0.3) is 23.5 Å². The summed E-state index contributed by atoms with van der Waals surface area (Å²) in [6, 6.07) is 15.9. The Morgan fingerprint density at radius 2 is 1.76 bits per heavy atom. The Labute approximate surface area is 144 Å². The van der Waals surface area contributed by atoms with E-state index in [1.807, 2.05) is 49.5 Å². The standard InChI is InChI=1S/C19H17N2O4/c1-20-17(10-5-14-3-8-16(9-4-14)21(22)23)13-19(25-20)15-6-11-18(24-2)12-7-15/h3-13H,1-2H3/q+1/b10-5+. The Hall–Kier alpha value is -3.41. The molecule has 0 amide bonds. The van der Waals surface area contributed by atoms with Gasteiger partial charge in [0.15, 0.2) is 7.05 Å². The molecule has 25 heavy (non-hydrogen) atoms. The number of hydrogen-bond donors (Lipinski definition) is 0. The van der Waals surface area contributed by atoms with Crippen molar-refractivity contribution < 1.29 is 18.9 Å². The van der Waals surface area contributed by atoms with Crippen LogP contribution in [-0.2, 0) is 7.05 Å². The van der Waals surface area contributed by atoms with Gasteiger partial charge in [-0.25, -0.2) is 4.52 Å². The number of nitro benzene ring substituents is 1. The van der Waals surface area contributed by atoms with E-state index in [2.05, 4.69) is 0 Å². The molecule has 6 nitrogen and oxygen atoms in total. The van der Waals surface area contributed by atoms with Crippen molar-refractivity contribution in [2.24, 2.45) is 7.05 Å². The minimum Gasteiger partial charge on any atom is -0.497 e. The summed E-state index contributed by atoms with van der Waals surface area (Å²) in [5, 5.41) is 10.7. The Balaban J connectivity index is 1.80. The van der Waals surface area contributed by atoms with Gasteiger partial charge >= 0.3 is 0 Å². The van der Waals surface area contributed by atoms with Crippen LogP contribution in [0.3, 0.4) is 0 Å². The number of aryl methyl sites for hydroxylation is 1. The summed E-state index contributed by atoms with van der Waals surface area (Å²) < 4.78 is 12.6. The molecule has 0 N–H and O–H groups in total. The number of rotatable bonds is 5. The first-order valence-electron chi connectivity index (χ1n) is 7.64. The van der Waals surface area contributed by atoms with Gasteiger partial charge in [0.05, 0.1) is 18.1 Å². The summed E-state index contributed by atoms with van der Waals surface area (Å²) in [5.74, 6) is 1.53. The highest BCUT2D eigenvalue weighted by Crippen LogP contribution is 2.23. The second kappa shape index (κ2) is 7.00. The summed E-state index contributed by atoms with van der Waals surface area (Å²) in [6.45, 7) is 0. The van der Waals surface area contributed by atoms with Crippen molar-refractivity contribution in [2.45, 2.75) is 0 Å². The maximum atomic E-state index is 10.7. The van der Waals surface area contributed by atoms with Gasteiger partial charge in [-0.2, -0.15) is 0 Å². The van der Waals surface area contributed by atoms with E-state index < -0.39 is 4.92 Å². The minimum absolute atomic E-state index is 0.0767. The lowest BCUT2D eigenvalue weighted by Crippen LogP contribution is -2.27. The van der Waals surface area contributed by atoms with Crippen LogP contribution in [0.4, 0.5) is 5.69 Å². The van der Waals surface area contributed by atoms with Crippen molar-refractivity contribution in [3.63, 3.8) is 0 Å². The second-order valence-electron chi connectivity index (χ2n) is 5.43. The minimum atomic E-state index is -0.412. The van der Waals surface area contributed by atoms with Crippen molar-refractivity contribution >= 4 is 17.8 Å². The van der Waals surface area contributed by atoms with Crippen LogP contribution in [0.5, 0.6) is 5.75 Å². The first kappa shape index (κ1) is 16.4. The van der Waals surface area contributed by atoms with Crippen molar-refractivity contribution in [1.82, 2.24) is 0 Å². The van der Waals surface area contributed by atoms with E-state index in [1.165, 1.54) is 12.1 Å². The average Bonchev–Trinajstić information content (AvgIpc) is 3.01. The van der Waals surface area contributed by atoms with E-state index in [0.717, 1.165) is 28.3 Å². The van der Waals surface area contributed by atoms with Crippen molar-refractivity contribution in [2.75, 3.05) is 7.11 Å². The van der Waals surface area contributed by atoms with E-state index in [0.29, 0.717) is 0 Å². The molecular weight excluding hydrogens is 320 g/mol. The third kappa shape index (κ3) is 3.74. The number of nitro groups is 1. The molecule has 0 atom stereocenters. The first-order chi connectivity index (χ1) is 12.1. The fourth-order valence-corrected chi connectivity index (χ4v) is 2.38. The highest BCUT2D eigenvalue weighted by Gasteiger charge is 2.14. The van der Waals surface area contributed by atoms with Gasteiger partial charge in [0.1, 0.15) is 5.75 Å². The zero-order chi connectivity index (χ0) is 17.8. The topological polar surface area (TPSA) is 69.4 Å². The van der Waals surface area contributed by atoms with Gasteiger partial charge in [0.25, 0.3) is 11.4 Å². The Morgan fingerprint density at radius 1 is 1.08 bits per heavy atom. The first-order valence-corrected chi connectivity index (χ1v) is 7.64. The lowest BCUT2D eigenvalue weighted by atomic mass is 10.1. The van der Waals surface area contributed by atoms with Gasteiger partial charge in [0, 0.05) is 23.8 Å². The van der Waals surface area contributed by atoms with Gasteiger partial charge in [-0.3, -0.25) is 10.1 Å². The molecule has 0 aliphatic carbocycles. The summed E-state index contributed by atoms with van der Waals surface area (Å²) in [6.07, 6.45) is 3.78. The predicted octanol–water partition coefficient (Wildman–Crippen LogP) is 3.86. The largest absolute Gasteiger partial charge is 0.497 e. The Bertz CT molecular complexity index is 910. The number of non-ortho nitro benzene ring substituents is 1. The number of methoxy groups -OCH3 is 1. The Morgan fingerprint density at radius 3 is 2.36 bits per heavy atom. The summed E-state index contributed by atoms with van der Waals surface area (Å²) in [5.41, 5.74) is 2.78. The fraction of sp³-hybridized carbons (Fsp3) is 0.105. The normalized spacial score (nSPS) is 11.0. The molecule has 126 valence electrons. The zero-order valence-electron chi connectivity index (χ0n) is 13.9. The lowest BCUT2D eigenvalue weighted by Gasteiger charge is -1.98. The molecule has 1 heterocycles. The number of nitrogens with zero attached hydrogens (tertiary/aromatic N) is 2. The molecule has 0 spiro atoms. The molecule has 6 heteroatoms. The van der Waals surface area contributed by atoms with Crippen molar-refractivity contribution in [3.05, 3.63) is 76.0 Å². The highest BCUT2D eigenvalue weighted by atomic mass is 16.6. The number of aromatic nitrogens is 1. The fourth-order valence-electron chi connectivity index (χ4n) is 2.38. The molecule has 0 fully saturated rings. The van der Waals surface area contributed by atoms with Gasteiger partial charge in [-0.05, 0) is 52.8 Å². The molecule has 0 aliphatic rings. The van der Waals surface area contributed by atoms with E-state index in [-0.39, 0.29) is 5.69 Å². The SMILES string of the molecule is COc1ccc(-c2cc(/C=C/c3ccc([N+](=O)[O-])cc3)[n+](C)o2)cc1. The number of hydrogen-bond acceptors (Lipinski definition) is 4. The average molecular weight is 337 g/mol. The third-order valence-electron chi connectivity index (χ3n) is 3.80. The van der Waals surface area contributed by atoms with Gasteiger partial charge in [-0.15, -0.1) is 0 Å². The highest BCUT2D eigenvalue weighted by molar-refractivity contribution is 5.69. The quantitative estimate of drug-likeness (QED) is 0.403. The third-order valence-corrected chi connectivity index (χ3v) is 3.80. The Kier molecular flexibility index (Phi) is 4.61. The molecular formula is C19H17N2O4+. The predicted molar refractivity (Wildman–Crippen MR) is 93.9 cm³/mol. The summed E-state index contributed by atoms with van der Waals surface area (Å²) >= 11 is 0. The van der Waals surface area contributed by atoms with Crippen LogP contribution < -0.4 is 9.48 Å². The van der Waals surface area contributed by atoms with E-state index in [9.17, 15) is 10.1 Å². The van der Waals surface area contributed by atoms with E-state index in [1.54, 1.807) is 24.0 Å². The summed E-state index contributed by atoms with van der Waals surface area (Å²) in [7, 11) is 3.45. The van der Waals surface area contributed by atoms with E-state index in [4.69, 9.17) is 9.26 Å². The second-order valence-corrected chi connectivity index (χ2v) is 5.43. The van der Waals surface area contributed by atoms with Crippen molar-refractivity contribution in [1.29, 1.82) is 0 Å². The maximum Gasteiger partial charge on any atom is 0.269 e. The van der Waals surface area contributed by atoms with Crippen LogP contribution in [0, 0.1) is 10.1 Å². The van der Waals surface area contributed by atoms with Crippen LogP contribution in [-0.4, -0.2) is 12.0 Å². The molecule has 3 aromatic rings. The van der Waals surface area contributed by atoms with Crippen LogP contribution >= 0.6 is 0 Å². The molecule has 0 bridgehead atoms. The van der Waals surface area contributed by atoms with Gasteiger partial charge in [-0.1, -0.05) is 0 Å². The smallest absolute Gasteiger partial charge is 0.269 e. The molecule has 0 saturated heterocycles. The monoisotopic (exact) mass is 337 g/mol. The molecule has 0 unspecified atom stereocenters. The number of ether oxygens (including phenoxy) is 1. The van der Waals surface area contributed by atoms with Crippen LogP contribution in [0.1, 0.15) is 11.3 Å². The molecule has 2 aromatic carbocycles. The molecule has 0 aliphatic heterocycles. The van der Waals surface area contributed by atoms with E-state index >= 15 is 0 Å². The zero-order valence-corrected chi connectivity index (χ0v) is 13.9.